The molecule has 0 aliphatic heterocycles. The van der Waals surface area contributed by atoms with Gasteiger partial charge in [0.15, 0.2) is 11.7 Å². The highest BCUT2D eigenvalue weighted by atomic mass is 32.1. The van der Waals surface area contributed by atoms with Crippen molar-refractivity contribution in [2.24, 2.45) is 5.10 Å². The molecule has 0 aliphatic rings. The monoisotopic (exact) mass is 589 g/mol. The number of carbonyl (C=O) groups is 2. The lowest BCUT2D eigenvalue weighted by Crippen LogP contribution is -2.20. The number of amides is 2. The number of carbonyl (C=O) groups excluding carboxylic acids is 2. The first-order valence-corrected chi connectivity index (χ1v) is 14.5. The molecule has 0 aliphatic carbocycles. The number of aromatic nitrogens is 1. The number of aryl methyl sites for hydroxylation is 3. The van der Waals surface area contributed by atoms with E-state index in [-0.39, 0.29) is 18.4 Å². The zero-order valence-electron chi connectivity index (χ0n) is 24.0. The average Bonchev–Trinajstić information content (AvgIpc) is 3.48. The lowest BCUT2D eigenvalue weighted by molar-refractivity contribution is -0.118. The lowest BCUT2D eigenvalue weighted by Gasteiger charge is -2.09. The number of nitrogens with zero attached hydrogens (tertiary/aromatic N) is 2. The lowest BCUT2D eigenvalue weighted by atomic mass is 10.1. The summed E-state index contributed by atoms with van der Waals surface area (Å²) in [7, 11) is 0. The van der Waals surface area contributed by atoms with Gasteiger partial charge in [-0.25, -0.2) is 10.4 Å². The summed E-state index contributed by atoms with van der Waals surface area (Å²) in [6, 6.07) is 28.2. The van der Waals surface area contributed by atoms with Crippen molar-refractivity contribution in [3.63, 3.8) is 0 Å². The summed E-state index contributed by atoms with van der Waals surface area (Å²) in [4.78, 5) is 29.5. The number of hydrazone groups is 1. The van der Waals surface area contributed by atoms with Gasteiger partial charge in [0.2, 0.25) is 0 Å². The van der Waals surface area contributed by atoms with Crippen LogP contribution in [0.3, 0.4) is 0 Å². The van der Waals surface area contributed by atoms with Crippen molar-refractivity contribution < 1.29 is 14.3 Å². The quantitative estimate of drug-likeness (QED) is 0.117. The van der Waals surface area contributed by atoms with E-state index in [4.69, 9.17) is 4.74 Å². The van der Waals surface area contributed by atoms with Crippen LogP contribution in [0.4, 0.5) is 16.5 Å². The standard InChI is InChI=1S/C34H31N5O3S/c1-22-4-13-28(14-5-22)37-34-38-31(21-43-34)26-9-11-27(12-10-26)33(41)39-35-19-25-7-16-30(17-8-25)42-20-32(40)36-29-15-6-23(2)24(3)18-29/h4-19,21H,20H2,1-3H3,(H,36,40)(H,37,38)(H,39,41)/b35-19+. The first-order valence-electron chi connectivity index (χ1n) is 13.7. The summed E-state index contributed by atoms with van der Waals surface area (Å²) in [5.41, 5.74) is 10.7. The molecule has 1 aromatic heterocycles. The van der Waals surface area contributed by atoms with Crippen molar-refractivity contribution in [1.29, 1.82) is 0 Å². The largest absolute Gasteiger partial charge is 0.484 e. The summed E-state index contributed by atoms with van der Waals surface area (Å²) in [5.74, 6) is -0.0108. The number of ether oxygens (including phenoxy) is 1. The van der Waals surface area contributed by atoms with Gasteiger partial charge in [-0.1, -0.05) is 35.9 Å². The summed E-state index contributed by atoms with van der Waals surface area (Å²) in [6.07, 6.45) is 1.54. The normalized spacial score (nSPS) is 10.9. The molecular weight excluding hydrogens is 558 g/mol. The van der Waals surface area contributed by atoms with Crippen molar-refractivity contribution >= 4 is 45.9 Å². The van der Waals surface area contributed by atoms with Crippen LogP contribution in [-0.2, 0) is 4.79 Å². The third kappa shape index (κ3) is 8.15. The number of hydrogen-bond donors (Lipinski definition) is 3. The summed E-state index contributed by atoms with van der Waals surface area (Å²) >= 11 is 1.52. The Morgan fingerprint density at radius 2 is 1.58 bits per heavy atom. The van der Waals surface area contributed by atoms with Gasteiger partial charge in [-0.15, -0.1) is 11.3 Å². The predicted molar refractivity (Wildman–Crippen MR) is 174 cm³/mol. The van der Waals surface area contributed by atoms with E-state index < -0.39 is 0 Å². The maximum atomic E-state index is 12.6. The second-order valence-electron chi connectivity index (χ2n) is 10.0. The molecule has 0 saturated heterocycles. The van der Waals surface area contributed by atoms with Gasteiger partial charge in [0.1, 0.15) is 5.75 Å². The SMILES string of the molecule is Cc1ccc(Nc2nc(-c3ccc(C(=O)N/N=C/c4ccc(OCC(=O)Nc5ccc(C)c(C)c5)cc4)cc3)cs2)cc1. The maximum absolute atomic E-state index is 12.6. The van der Waals surface area contributed by atoms with E-state index in [0.29, 0.717) is 11.3 Å². The van der Waals surface area contributed by atoms with Gasteiger partial charge in [0.25, 0.3) is 11.8 Å². The number of thiazole rings is 1. The minimum Gasteiger partial charge on any atom is -0.484 e. The van der Waals surface area contributed by atoms with Crippen LogP contribution in [0, 0.1) is 20.8 Å². The van der Waals surface area contributed by atoms with Crippen LogP contribution in [0.2, 0.25) is 0 Å². The van der Waals surface area contributed by atoms with E-state index in [0.717, 1.165) is 38.9 Å². The molecule has 0 fully saturated rings. The molecule has 0 unspecified atom stereocenters. The number of benzene rings is 4. The smallest absolute Gasteiger partial charge is 0.271 e. The summed E-state index contributed by atoms with van der Waals surface area (Å²) in [6.45, 7) is 5.97. The van der Waals surface area contributed by atoms with Crippen LogP contribution in [0.1, 0.15) is 32.6 Å². The van der Waals surface area contributed by atoms with Gasteiger partial charge in [0, 0.05) is 27.9 Å². The molecule has 4 aromatic carbocycles. The fourth-order valence-electron chi connectivity index (χ4n) is 4.06. The number of nitrogens with one attached hydrogen (secondary N) is 3. The van der Waals surface area contributed by atoms with Crippen LogP contribution in [0.5, 0.6) is 5.75 Å². The maximum Gasteiger partial charge on any atom is 0.271 e. The van der Waals surface area contributed by atoms with Gasteiger partial charge in [-0.2, -0.15) is 5.10 Å². The second-order valence-corrected chi connectivity index (χ2v) is 10.9. The minimum absolute atomic E-state index is 0.108. The molecule has 43 heavy (non-hydrogen) atoms. The number of rotatable bonds is 10. The summed E-state index contributed by atoms with van der Waals surface area (Å²) < 4.78 is 5.59. The molecule has 9 heteroatoms. The molecule has 3 N–H and O–H groups in total. The van der Waals surface area contributed by atoms with Crippen molar-refractivity contribution in [3.05, 3.63) is 124 Å². The Morgan fingerprint density at radius 3 is 2.30 bits per heavy atom. The van der Waals surface area contributed by atoms with E-state index in [1.54, 1.807) is 42.6 Å². The Hall–Kier alpha value is -5.28. The third-order valence-corrected chi connectivity index (χ3v) is 7.43. The average molecular weight is 590 g/mol. The van der Waals surface area contributed by atoms with E-state index in [1.807, 2.05) is 61.7 Å². The van der Waals surface area contributed by atoms with Gasteiger partial charge in [-0.3, -0.25) is 9.59 Å². The molecule has 0 radical (unpaired) electrons. The van der Waals surface area contributed by atoms with Gasteiger partial charge < -0.3 is 15.4 Å². The second kappa shape index (κ2) is 13.6. The van der Waals surface area contributed by atoms with Gasteiger partial charge in [0.05, 0.1) is 11.9 Å². The molecule has 0 spiro atoms. The molecule has 5 aromatic rings. The van der Waals surface area contributed by atoms with E-state index in [9.17, 15) is 9.59 Å². The zero-order chi connectivity index (χ0) is 30.2. The van der Waals surface area contributed by atoms with Crippen molar-refractivity contribution in [2.45, 2.75) is 20.8 Å². The third-order valence-electron chi connectivity index (χ3n) is 6.67. The van der Waals surface area contributed by atoms with E-state index >= 15 is 0 Å². The number of hydrogen-bond acceptors (Lipinski definition) is 7. The highest BCUT2D eigenvalue weighted by molar-refractivity contribution is 7.14. The number of anilines is 3. The van der Waals surface area contributed by atoms with Crippen molar-refractivity contribution in [1.82, 2.24) is 10.4 Å². The molecule has 5 rings (SSSR count). The van der Waals surface area contributed by atoms with E-state index in [2.05, 4.69) is 45.2 Å². The highest BCUT2D eigenvalue weighted by Crippen LogP contribution is 2.27. The first-order chi connectivity index (χ1) is 20.8. The molecule has 0 bridgehead atoms. The van der Waals surface area contributed by atoms with Crippen LogP contribution >= 0.6 is 11.3 Å². The van der Waals surface area contributed by atoms with Crippen LogP contribution in [0.25, 0.3) is 11.3 Å². The predicted octanol–water partition coefficient (Wildman–Crippen LogP) is 7.26. The van der Waals surface area contributed by atoms with Crippen LogP contribution in [-0.4, -0.2) is 29.6 Å². The summed E-state index contributed by atoms with van der Waals surface area (Å²) in [5, 5.41) is 13.0. The first kappa shape index (κ1) is 29.2. The van der Waals surface area contributed by atoms with Crippen LogP contribution < -0.4 is 20.8 Å². The highest BCUT2D eigenvalue weighted by Gasteiger charge is 2.09. The fourth-order valence-corrected chi connectivity index (χ4v) is 4.80. The fraction of sp³-hybridized carbons (Fsp3) is 0.118. The van der Waals surface area contributed by atoms with Crippen LogP contribution in [0.15, 0.2) is 101 Å². The molecule has 0 atom stereocenters. The Labute approximate surface area is 254 Å². The molecule has 1 heterocycles. The molecular formula is C34H31N5O3S. The molecule has 216 valence electrons. The van der Waals surface area contributed by atoms with Gasteiger partial charge >= 0.3 is 0 Å². The zero-order valence-corrected chi connectivity index (χ0v) is 24.9. The Balaban J connectivity index is 1.08. The van der Waals surface area contributed by atoms with Crippen molar-refractivity contribution in [2.75, 3.05) is 17.2 Å². The van der Waals surface area contributed by atoms with E-state index in [1.165, 1.54) is 22.5 Å². The Morgan fingerprint density at radius 1 is 0.860 bits per heavy atom. The Bertz CT molecular complexity index is 1740. The Kier molecular flexibility index (Phi) is 9.23. The van der Waals surface area contributed by atoms with Crippen molar-refractivity contribution in [3.8, 4) is 17.0 Å². The molecule has 8 nitrogen and oxygen atoms in total. The minimum atomic E-state index is -0.322. The molecule has 2 amide bonds. The molecule has 0 saturated carbocycles. The van der Waals surface area contributed by atoms with Gasteiger partial charge in [-0.05, 0) is 98.1 Å². The topological polar surface area (TPSA) is 105 Å².